The van der Waals surface area contributed by atoms with Crippen LogP contribution in [-0.2, 0) is 0 Å². The van der Waals surface area contributed by atoms with Gasteiger partial charge in [0.15, 0.2) is 0 Å². The second-order valence-electron chi connectivity index (χ2n) is 4.66. The van der Waals surface area contributed by atoms with E-state index >= 15 is 0 Å². The van der Waals surface area contributed by atoms with E-state index in [1.54, 1.807) is 25.2 Å². The smallest absolute Gasteiger partial charge is 0.251 e. The van der Waals surface area contributed by atoms with Crippen molar-refractivity contribution in [1.29, 1.82) is 0 Å². The second-order valence-corrected chi connectivity index (χ2v) is 5.92. The van der Waals surface area contributed by atoms with Gasteiger partial charge in [0.1, 0.15) is 0 Å². The highest BCUT2D eigenvalue weighted by Crippen LogP contribution is 2.30. The van der Waals surface area contributed by atoms with Gasteiger partial charge in [0, 0.05) is 23.1 Å². The molecule has 0 radical (unpaired) electrons. The minimum Gasteiger partial charge on any atom is -0.377 e. The first kappa shape index (κ1) is 15.9. The van der Waals surface area contributed by atoms with Gasteiger partial charge in [-0.1, -0.05) is 45.7 Å². The van der Waals surface area contributed by atoms with E-state index in [0.717, 1.165) is 15.7 Å². The molecule has 0 spiro atoms. The fraction of sp³-hybridized carbons (Fsp3) is 0.188. The maximum Gasteiger partial charge on any atom is 0.251 e. The molecular formula is C16H16BrClN2O. The molecule has 2 rings (SSSR count). The van der Waals surface area contributed by atoms with Gasteiger partial charge in [0.25, 0.3) is 5.91 Å². The maximum absolute atomic E-state index is 11.7. The van der Waals surface area contributed by atoms with Crippen molar-refractivity contribution in [3.8, 4) is 0 Å². The van der Waals surface area contributed by atoms with E-state index in [4.69, 9.17) is 11.6 Å². The summed E-state index contributed by atoms with van der Waals surface area (Å²) in [6.07, 6.45) is 0. The minimum absolute atomic E-state index is 0.0537. The number of nitrogens with one attached hydrogen (secondary N) is 2. The van der Waals surface area contributed by atoms with Crippen molar-refractivity contribution in [3.05, 3.63) is 63.1 Å². The fourth-order valence-electron chi connectivity index (χ4n) is 2.06. The van der Waals surface area contributed by atoms with E-state index < -0.39 is 0 Å². The Hall–Kier alpha value is -1.52. The lowest BCUT2D eigenvalue weighted by Crippen LogP contribution is -2.18. The predicted octanol–water partition coefficient (Wildman–Crippen LogP) is 4.64. The van der Waals surface area contributed by atoms with Crippen LogP contribution < -0.4 is 10.6 Å². The molecule has 0 aliphatic rings. The summed E-state index contributed by atoms with van der Waals surface area (Å²) in [7, 11) is 1.60. The average molecular weight is 368 g/mol. The van der Waals surface area contributed by atoms with Crippen LogP contribution in [0.1, 0.15) is 28.9 Å². The molecule has 1 atom stereocenters. The first-order valence-corrected chi connectivity index (χ1v) is 7.72. The van der Waals surface area contributed by atoms with Gasteiger partial charge < -0.3 is 10.6 Å². The Bertz CT molecular complexity index is 660. The van der Waals surface area contributed by atoms with Crippen LogP contribution >= 0.6 is 27.5 Å². The van der Waals surface area contributed by atoms with Gasteiger partial charge in [-0.2, -0.15) is 0 Å². The van der Waals surface area contributed by atoms with E-state index in [2.05, 4.69) is 26.6 Å². The monoisotopic (exact) mass is 366 g/mol. The Kier molecular flexibility index (Phi) is 5.26. The quantitative estimate of drug-likeness (QED) is 0.827. The van der Waals surface area contributed by atoms with Crippen molar-refractivity contribution < 1.29 is 4.79 Å². The fourth-order valence-corrected chi connectivity index (χ4v) is 2.86. The number of benzene rings is 2. The Morgan fingerprint density at radius 2 is 1.95 bits per heavy atom. The summed E-state index contributed by atoms with van der Waals surface area (Å²) in [5, 5.41) is 6.53. The van der Waals surface area contributed by atoms with Crippen LogP contribution in [0.4, 0.5) is 5.69 Å². The summed E-state index contributed by atoms with van der Waals surface area (Å²) in [6.45, 7) is 2.04. The molecule has 0 heterocycles. The highest BCUT2D eigenvalue weighted by atomic mass is 79.9. The lowest BCUT2D eigenvalue weighted by Gasteiger charge is -2.18. The molecule has 1 unspecified atom stereocenters. The molecule has 3 nitrogen and oxygen atoms in total. The van der Waals surface area contributed by atoms with Crippen molar-refractivity contribution in [2.24, 2.45) is 0 Å². The molecule has 0 aromatic heterocycles. The third kappa shape index (κ3) is 3.77. The van der Waals surface area contributed by atoms with Gasteiger partial charge in [0.05, 0.1) is 10.7 Å². The van der Waals surface area contributed by atoms with E-state index in [9.17, 15) is 4.79 Å². The third-order valence-electron chi connectivity index (χ3n) is 3.20. The number of carbonyl (C=O) groups is 1. The number of anilines is 1. The molecule has 0 fully saturated rings. The first-order valence-electron chi connectivity index (χ1n) is 6.55. The van der Waals surface area contributed by atoms with Gasteiger partial charge >= 0.3 is 0 Å². The van der Waals surface area contributed by atoms with Crippen LogP contribution in [0, 0.1) is 0 Å². The lowest BCUT2D eigenvalue weighted by atomic mass is 10.1. The van der Waals surface area contributed by atoms with Crippen LogP contribution in [-0.4, -0.2) is 13.0 Å². The molecule has 0 aliphatic carbocycles. The Labute approximate surface area is 137 Å². The Balaban J connectivity index is 2.27. The summed E-state index contributed by atoms with van der Waals surface area (Å²) in [5.74, 6) is -0.136. The van der Waals surface area contributed by atoms with Crippen molar-refractivity contribution in [2.75, 3.05) is 12.4 Å². The summed E-state index contributed by atoms with van der Waals surface area (Å²) in [4.78, 5) is 11.7. The molecule has 2 aromatic rings. The molecule has 2 aromatic carbocycles. The number of carbonyl (C=O) groups excluding carboxylic acids is 1. The largest absolute Gasteiger partial charge is 0.377 e. The molecule has 0 saturated carbocycles. The minimum atomic E-state index is -0.136. The topological polar surface area (TPSA) is 41.1 Å². The van der Waals surface area contributed by atoms with Crippen molar-refractivity contribution in [3.63, 3.8) is 0 Å². The number of halogens is 2. The number of rotatable bonds is 4. The predicted molar refractivity (Wildman–Crippen MR) is 91.0 cm³/mol. The van der Waals surface area contributed by atoms with Gasteiger partial charge in [0.2, 0.25) is 0 Å². The molecule has 21 heavy (non-hydrogen) atoms. The van der Waals surface area contributed by atoms with Crippen LogP contribution in [0.2, 0.25) is 5.02 Å². The first-order chi connectivity index (χ1) is 10.0. The van der Waals surface area contributed by atoms with Crippen molar-refractivity contribution in [2.45, 2.75) is 13.0 Å². The van der Waals surface area contributed by atoms with E-state index in [1.807, 2.05) is 31.2 Å². The van der Waals surface area contributed by atoms with E-state index in [1.165, 1.54) is 0 Å². The zero-order valence-electron chi connectivity index (χ0n) is 11.8. The van der Waals surface area contributed by atoms with Crippen LogP contribution in [0.15, 0.2) is 46.9 Å². The molecule has 5 heteroatoms. The zero-order valence-corrected chi connectivity index (χ0v) is 14.1. The summed E-state index contributed by atoms with van der Waals surface area (Å²) in [5.41, 5.74) is 2.43. The Morgan fingerprint density at radius 1 is 1.24 bits per heavy atom. The SMILES string of the molecule is CNC(=O)c1ccc(Cl)c(NC(C)c2ccccc2Br)c1. The Morgan fingerprint density at radius 3 is 2.62 bits per heavy atom. The van der Waals surface area contributed by atoms with E-state index in [-0.39, 0.29) is 11.9 Å². The standard InChI is InChI=1S/C16H16BrClN2O/c1-10(12-5-3-4-6-13(12)17)20-15-9-11(16(21)19-2)7-8-14(15)18/h3-10,20H,1-2H3,(H,19,21). The second kappa shape index (κ2) is 6.96. The van der Waals surface area contributed by atoms with Crippen molar-refractivity contribution >= 4 is 39.1 Å². The van der Waals surface area contributed by atoms with Crippen LogP contribution in [0.5, 0.6) is 0 Å². The van der Waals surface area contributed by atoms with Crippen LogP contribution in [0.25, 0.3) is 0 Å². The van der Waals surface area contributed by atoms with Crippen molar-refractivity contribution in [1.82, 2.24) is 5.32 Å². The lowest BCUT2D eigenvalue weighted by molar-refractivity contribution is 0.0963. The highest BCUT2D eigenvalue weighted by Gasteiger charge is 2.12. The average Bonchev–Trinajstić information content (AvgIpc) is 2.49. The molecule has 110 valence electrons. The van der Waals surface area contributed by atoms with E-state index in [0.29, 0.717) is 10.6 Å². The summed E-state index contributed by atoms with van der Waals surface area (Å²) >= 11 is 9.75. The van der Waals surface area contributed by atoms with Gasteiger partial charge in [-0.3, -0.25) is 4.79 Å². The third-order valence-corrected chi connectivity index (χ3v) is 4.25. The maximum atomic E-state index is 11.7. The molecule has 0 saturated heterocycles. The molecule has 2 N–H and O–H groups in total. The van der Waals surface area contributed by atoms with Crippen LogP contribution in [0.3, 0.4) is 0 Å². The van der Waals surface area contributed by atoms with Gasteiger partial charge in [-0.15, -0.1) is 0 Å². The number of hydrogen-bond donors (Lipinski definition) is 2. The van der Waals surface area contributed by atoms with Gasteiger partial charge in [-0.25, -0.2) is 0 Å². The normalized spacial score (nSPS) is 11.8. The van der Waals surface area contributed by atoms with Gasteiger partial charge in [-0.05, 0) is 36.8 Å². The molecular weight excluding hydrogens is 352 g/mol. The highest BCUT2D eigenvalue weighted by molar-refractivity contribution is 9.10. The number of amides is 1. The molecule has 0 aliphatic heterocycles. The number of hydrogen-bond acceptors (Lipinski definition) is 2. The summed E-state index contributed by atoms with van der Waals surface area (Å²) < 4.78 is 1.03. The zero-order chi connectivity index (χ0) is 15.4. The molecule has 1 amide bonds. The molecule has 0 bridgehead atoms. The summed E-state index contributed by atoms with van der Waals surface area (Å²) in [6, 6.07) is 13.2.